The molecule has 0 N–H and O–H groups in total. The molecule has 1 aliphatic heterocycles. The number of hydrogen-bond donors (Lipinski definition) is 0. The number of thiophene rings is 1. The van der Waals surface area contributed by atoms with Gasteiger partial charge in [0, 0.05) is 16.3 Å². The minimum absolute atomic E-state index is 0.247. The molecule has 0 fully saturated rings. The summed E-state index contributed by atoms with van der Waals surface area (Å²) in [6, 6.07) is 7.22. The summed E-state index contributed by atoms with van der Waals surface area (Å²) in [7, 11) is 1.46. The first-order chi connectivity index (χ1) is 13.2. The fourth-order valence-electron chi connectivity index (χ4n) is 2.66. The van der Waals surface area contributed by atoms with Crippen LogP contribution in [0.2, 0.25) is 0 Å². The molecule has 9 heteroatoms. The Kier molecular flexibility index (Phi) is 4.07. The Bertz CT molecular complexity index is 1130. The van der Waals surface area contributed by atoms with Crippen LogP contribution in [0.3, 0.4) is 0 Å². The third kappa shape index (κ3) is 2.97. The second-order valence-electron chi connectivity index (χ2n) is 5.59. The van der Waals surface area contributed by atoms with E-state index >= 15 is 0 Å². The van der Waals surface area contributed by atoms with Gasteiger partial charge in [-0.3, -0.25) is 0 Å². The summed E-state index contributed by atoms with van der Waals surface area (Å²) >= 11 is 4.24. The number of ether oxygens (including phenoxy) is 3. The maximum Gasteiger partial charge on any atom is 0.231 e. The normalized spacial score (nSPS) is 12.5. The van der Waals surface area contributed by atoms with Crippen LogP contribution in [-0.4, -0.2) is 23.9 Å². The SMILES string of the molecule is COc1sc(-c2csc(-c3nc(-c4ccc5c(c4)OCO5)cs3)n2)cc1F. The molecule has 0 bridgehead atoms. The van der Waals surface area contributed by atoms with E-state index in [1.165, 1.54) is 47.2 Å². The molecule has 5 rings (SSSR count). The predicted octanol–water partition coefficient (Wildman–Crippen LogP) is 5.54. The molecule has 0 atom stereocenters. The Balaban J connectivity index is 1.44. The summed E-state index contributed by atoms with van der Waals surface area (Å²) in [6.07, 6.45) is 0. The number of thiazole rings is 2. The van der Waals surface area contributed by atoms with Crippen molar-refractivity contribution in [2.75, 3.05) is 13.9 Å². The second-order valence-corrected chi connectivity index (χ2v) is 8.32. The maximum atomic E-state index is 13.7. The molecule has 0 unspecified atom stereocenters. The summed E-state index contributed by atoms with van der Waals surface area (Å²) in [6.45, 7) is 0.247. The van der Waals surface area contributed by atoms with Crippen molar-refractivity contribution in [3.63, 3.8) is 0 Å². The molecule has 4 heterocycles. The molecule has 5 nitrogen and oxygen atoms in total. The molecule has 1 aliphatic rings. The van der Waals surface area contributed by atoms with E-state index in [0.29, 0.717) is 0 Å². The number of hydrogen-bond acceptors (Lipinski definition) is 8. The van der Waals surface area contributed by atoms with E-state index in [1.807, 2.05) is 29.0 Å². The Labute approximate surface area is 165 Å². The van der Waals surface area contributed by atoms with E-state index in [9.17, 15) is 4.39 Å². The van der Waals surface area contributed by atoms with Gasteiger partial charge in [-0.1, -0.05) is 11.3 Å². The first kappa shape index (κ1) is 16.7. The zero-order chi connectivity index (χ0) is 18.4. The molecular formula is C18H11FN2O3S3. The van der Waals surface area contributed by atoms with Crippen LogP contribution in [0, 0.1) is 5.82 Å². The minimum atomic E-state index is -0.369. The standard InChI is InChI=1S/C18H11FN2O3S3/c1-22-18-10(19)5-15(27-18)12-7-26-17(21-12)16-20-11(6-25-16)9-2-3-13-14(4-9)24-8-23-13/h2-7H,8H2,1H3. The zero-order valence-corrected chi connectivity index (χ0v) is 16.3. The zero-order valence-electron chi connectivity index (χ0n) is 13.9. The van der Waals surface area contributed by atoms with Crippen LogP contribution >= 0.6 is 34.0 Å². The van der Waals surface area contributed by atoms with Gasteiger partial charge in [0.1, 0.15) is 0 Å². The van der Waals surface area contributed by atoms with Crippen LogP contribution in [0.25, 0.3) is 31.8 Å². The molecule has 0 aliphatic carbocycles. The van der Waals surface area contributed by atoms with E-state index in [2.05, 4.69) is 4.98 Å². The average molecular weight is 418 g/mol. The fraction of sp³-hybridized carbons (Fsp3) is 0.111. The van der Waals surface area contributed by atoms with Gasteiger partial charge in [-0.05, 0) is 24.3 Å². The van der Waals surface area contributed by atoms with Crippen molar-refractivity contribution in [3.8, 4) is 48.4 Å². The van der Waals surface area contributed by atoms with E-state index < -0.39 is 0 Å². The number of methoxy groups -OCH3 is 1. The third-order valence-electron chi connectivity index (χ3n) is 3.95. The van der Waals surface area contributed by atoms with Crippen molar-refractivity contribution in [3.05, 3.63) is 40.8 Å². The van der Waals surface area contributed by atoms with Crippen LogP contribution in [0.15, 0.2) is 35.0 Å². The number of rotatable bonds is 4. The lowest BCUT2D eigenvalue weighted by Gasteiger charge is -1.99. The van der Waals surface area contributed by atoms with E-state index in [1.54, 1.807) is 0 Å². The summed E-state index contributed by atoms with van der Waals surface area (Å²) in [5.74, 6) is 1.11. The highest BCUT2D eigenvalue weighted by atomic mass is 32.1. The summed E-state index contributed by atoms with van der Waals surface area (Å²) in [5, 5.41) is 5.78. The molecule has 27 heavy (non-hydrogen) atoms. The molecule has 0 radical (unpaired) electrons. The topological polar surface area (TPSA) is 53.5 Å². The van der Waals surface area contributed by atoms with E-state index in [0.717, 1.165) is 43.3 Å². The first-order valence-corrected chi connectivity index (χ1v) is 10.4. The molecular weight excluding hydrogens is 407 g/mol. The van der Waals surface area contributed by atoms with Crippen molar-refractivity contribution in [1.82, 2.24) is 9.97 Å². The van der Waals surface area contributed by atoms with Gasteiger partial charge in [0.05, 0.1) is 23.4 Å². The lowest BCUT2D eigenvalue weighted by molar-refractivity contribution is 0.174. The largest absolute Gasteiger partial charge is 0.485 e. The third-order valence-corrected chi connectivity index (χ3v) is 6.87. The number of aromatic nitrogens is 2. The predicted molar refractivity (Wildman–Crippen MR) is 105 cm³/mol. The quantitative estimate of drug-likeness (QED) is 0.436. The van der Waals surface area contributed by atoms with Crippen molar-refractivity contribution >= 4 is 34.0 Å². The summed E-state index contributed by atoms with van der Waals surface area (Å²) in [5.41, 5.74) is 2.54. The number of benzene rings is 1. The van der Waals surface area contributed by atoms with Crippen molar-refractivity contribution < 1.29 is 18.6 Å². The highest BCUT2D eigenvalue weighted by Crippen LogP contribution is 2.40. The van der Waals surface area contributed by atoms with Gasteiger partial charge in [0.2, 0.25) is 11.9 Å². The Morgan fingerprint density at radius 3 is 2.52 bits per heavy atom. The molecule has 136 valence electrons. The monoisotopic (exact) mass is 418 g/mol. The van der Waals surface area contributed by atoms with Crippen molar-refractivity contribution in [2.45, 2.75) is 0 Å². The van der Waals surface area contributed by atoms with Crippen LogP contribution in [0.4, 0.5) is 4.39 Å². The average Bonchev–Trinajstić information content (AvgIpc) is 3.44. The van der Waals surface area contributed by atoms with Gasteiger partial charge in [-0.25, -0.2) is 14.4 Å². The van der Waals surface area contributed by atoms with Crippen LogP contribution < -0.4 is 14.2 Å². The lowest BCUT2D eigenvalue weighted by Crippen LogP contribution is -1.92. The van der Waals surface area contributed by atoms with Gasteiger partial charge in [-0.2, -0.15) is 0 Å². The highest BCUT2D eigenvalue weighted by molar-refractivity contribution is 7.20. The molecule has 0 amide bonds. The molecule has 4 aromatic rings. The number of fused-ring (bicyclic) bond motifs is 1. The van der Waals surface area contributed by atoms with Gasteiger partial charge < -0.3 is 14.2 Å². The lowest BCUT2D eigenvalue weighted by atomic mass is 10.1. The summed E-state index contributed by atoms with van der Waals surface area (Å²) in [4.78, 5) is 10.0. The van der Waals surface area contributed by atoms with Gasteiger partial charge >= 0.3 is 0 Å². The molecule has 3 aromatic heterocycles. The molecule has 0 saturated heterocycles. The Hall–Kier alpha value is -2.49. The highest BCUT2D eigenvalue weighted by Gasteiger charge is 2.18. The van der Waals surface area contributed by atoms with Crippen molar-refractivity contribution in [1.29, 1.82) is 0 Å². The Morgan fingerprint density at radius 2 is 1.74 bits per heavy atom. The summed E-state index contributed by atoms with van der Waals surface area (Å²) < 4.78 is 29.5. The van der Waals surface area contributed by atoms with E-state index in [-0.39, 0.29) is 17.7 Å². The van der Waals surface area contributed by atoms with Crippen LogP contribution in [0.5, 0.6) is 16.6 Å². The Morgan fingerprint density at radius 1 is 1.00 bits per heavy atom. The van der Waals surface area contributed by atoms with Gasteiger partial charge in [0.15, 0.2) is 27.3 Å². The van der Waals surface area contributed by atoms with Crippen LogP contribution in [0.1, 0.15) is 0 Å². The minimum Gasteiger partial charge on any atom is -0.485 e. The molecule has 0 spiro atoms. The first-order valence-electron chi connectivity index (χ1n) is 7.86. The van der Waals surface area contributed by atoms with Gasteiger partial charge in [0.25, 0.3) is 0 Å². The van der Waals surface area contributed by atoms with E-state index in [4.69, 9.17) is 19.2 Å². The van der Waals surface area contributed by atoms with Crippen LogP contribution in [-0.2, 0) is 0 Å². The maximum absolute atomic E-state index is 13.7. The molecule has 0 saturated carbocycles. The number of nitrogens with zero attached hydrogens (tertiary/aromatic N) is 2. The van der Waals surface area contributed by atoms with Crippen molar-refractivity contribution in [2.24, 2.45) is 0 Å². The number of halogens is 1. The second kappa shape index (κ2) is 6.59. The smallest absolute Gasteiger partial charge is 0.231 e. The molecule has 1 aromatic carbocycles. The van der Waals surface area contributed by atoms with Gasteiger partial charge in [-0.15, -0.1) is 22.7 Å². The fourth-order valence-corrected chi connectivity index (χ4v) is 5.25.